The summed E-state index contributed by atoms with van der Waals surface area (Å²) < 4.78 is 26.8. The van der Waals surface area contributed by atoms with Crippen molar-refractivity contribution in [2.45, 2.75) is 0 Å². The van der Waals surface area contributed by atoms with E-state index in [1.54, 1.807) is 0 Å². The lowest BCUT2D eigenvalue weighted by Gasteiger charge is -2.06. The van der Waals surface area contributed by atoms with Gasteiger partial charge in [-0.15, -0.1) is 0 Å². The number of benzene rings is 1. The summed E-state index contributed by atoms with van der Waals surface area (Å²) in [6.07, 6.45) is 1.04. The zero-order valence-corrected chi connectivity index (χ0v) is 10.7. The number of carboxylic acid groups (broad SMARTS) is 1. The maximum Gasteiger partial charge on any atom is 0.342 e. The Morgan fingerprint density at radius 2 is 2.11 bits per heavy atom. The molecule has 0 aliphatic heterocycles. The molecule has 0 heterocycles. The Kier molecular flexibility index (Phi) is 4.43. The molecule has 0 aromatic heterocycles. The monoisotopic (exact) mass is 289 g/mol. The van der Waals surface area contributed by atoms with Crippen molar-refractivity contribution in [1.82, 2.24) is 0 Å². The van der Waals surface area contributed by atoms with Gasteiger partial charge in [0.25, 0.3) is 5.69 Å². The van der Waals surface area contributed by atoms with Crippen molar-refractivity contribution in [3.8, 4) is 5.75 Å². The minimum Gasteiger partial charge on any atom is -0.493 e. The SMILES string of the molecule is CS(=O)(=O)CCOc1ccc([N+](=O)[O-])c(C(=O)O)c1. The van der Waals surface area contributed by atoms with E-state index in [1.807, 2.05) is 0 Å². The Hall–Kier alpha value is -2.16. The van der Waals surface area contributed by atoms with Gasteiger partial charge in [-0.1, -0.05) is 0 Å². The van der Waals surface area contributed by atoms with Gasteiger partial charge in [-0.25, -0.2) is 13.2 Å². The van der Waals surface area contributed by atoms with E-state index in [1.165, 1.54) is 6.07 Å². The molecular formula is C10H11NO7S. The molecule has 0 spiro atoms. The number of carbonyl (C=O) groups is 1. The van der Waals surface area contributed by atoms with Crippen LogP contribution in [0.3, 0.4) is 0 Å². The van der Waals surface area contributed by atoms with E-state index >= 15 is 0 Å². The molecule has 104 valence electrons. The molecule has 0 unspecified atom stereocenters. The maximum atomic E-state index is 10.9. The van der Waals surface area contributed by atoms with Crippen LogP contribution in [0.4, 0.5) is 5.69 Å². The Bertz CT molecular complexity index is 608. The first-order chi connectivity index (χ1) is 8.70. The molecule has 0 aliphatic carbocycles. The van der Waals surface area contributed by atoms with Gasteiger partial charge in [-0.05, 0) is 6.07 Å². The summed E-state index contributed by atoms with van der Waals surface area (Å²) >= 11 is 0. The summed E-state index contributed by atoms with van der Waals surface area (Å²) in [7, 11) is -3.19. The van der Waals surface area contributed by atoms with Crippen LogP contribution in [0.25, 0.3) is 0 Å². The lowest BCUT2D eigenvalue weighted by molar-refractivity contribution is -0.385. The van der Waals surface area contributed by atoms with Crippen molar-refractivity contribution >= 4 is 21.5 Å². The van der Waals surface area contributed by atoms with Crippen LogP contribution in [0.2, 0.25) is 0 Å². The highest BCUT2D eigenvalue weighted by atomic mass is 32.2. The number of sulfone groups is 1. The van der Waals surface area contributed by atoms with E-state index in [0.717, 1.165) is 18.4 Å². The molecule has 0 bridgehead atoms. The molecule has 9 heteroatoms. The fourth-order valence-corrected chi connectivity index (χ4v) is 1.63. The van der Waals surface area contributed by atoms with Gasteiger partial charge in [0.15, 0.2) is 9.84 Å². The predicted molar refractivity (Wildman–Crippen MR) is 65.3 cm³/mol. The molecule has 0 saturated carbocycles. The zero-order valence-electron chi connectivity index (χ0n) is 9.90. The molecule has 0 saturated heterocycles. The van der Waals surface area contributed by atoms with Crippen molar-refractivity contribution in [3.63, 3.8) is 0 Å². The van der Waals surface area contributed by atoms with E-state index in [0.29, 0.717) is 0 Å². The second-order valence-corrected chi connectivity index (χ2v) is 5.98. The van der Waals surface area contributed by atoms with Gasteiger partial charge in [0.2, 0.25) is 0 Å². The van der Waals surface area contributed by atoms with Gasteiger partial charge < -0.3 is 9.84 Å². The molecule has 0 amide bonds. The molecule has 1 aromatic carbocycles. The first-order valence-corrected chi connectivity index (χ1v) is 7.09. The van der Waals surface area contributed by atoms with Crippen LogP contribution in [0.5, 0.6) is 5.75 Å². The highest BCUT2D eigenvalue weighted by Gasteiger charge is 2.20. The van der Waals surface area contributed by atoms with Gasteiger partial charge in [0, 0.05) is 18.4 Å². The van der Waals surface area contributed by atoms with Crippen LogP contribution in [0.15, 0.2) is 18.2 Å². The van der Waals surface area contributed by atoms with Crippen molar-refractivity contribution < 1.29 is 28.0 Å². The summed E-state index contributed by atoms with van der Waals surface area (Å²) in [5.74, 6) is -1.63. The van der Waals surface area contributed by atoms with Crippen molar-refractivity contribution in [3.05, 3.63) is 33.9 Å². The summed E-state index contributed by atoms with van der Waals surface area (Å²) in [6, 6.07) is 3.20. The number of nitro benzene ring substituents is 1. The maximum absolute atomic E-state index is 10.9. The van der Waals surface area contributed by atoms with Crippen LogP contribution < -0.4 is 4.74 Å². The standard InChI is InChI=1S/C10H11NO7S/c1-19(16,17)5-4-18-7-2-3-9(11(14)15)8(6-7)10(12)13/h2-3,6H,4-5H2,1H3,(H,12,13). The van der Waals surface area contributed by atoms with Gasteiger partial charge in [-0.2, -0.15) is 0 Å². The Labute approximate surface area is 108 Å². The molecule has 0 aliphatic rings. The van der Waals surface area contributed by atoms with Crippen LogP contribution in [-0.4, -0.2) is 43.0 Å². The van der Waals surface area contributed by atoms with Crippen molar-refractivity contribution in [2.24, 2.45) is 0 Å². The third-order valence-corrected chi connectivity index (χ3v) is 3.03. The number of nitrogens with zero attached hydrogens (tertiary/aromatic N) is 1. The summed E-state index contributed by atoms with van der Waals surface area (Å²) in [6.45, 7) is -0.157. The lowest BCUT2D eigenvalue weighted by Crippen LogP contribution is -2.12. The lowest BCUT2D eigenvalue weighted by atomic mass is 10.2. The molecule has 0 fully saturated rings. The first kappa shape index (κ1) is 14.9. The van der Waals surface area contributed by atoms with Crippen molar-refractivity contribution in [2.75, 3.05) is 18.6 Å². The van der Waals surface area contributed by atoms with Gasteiger partial charge in [-0.3, -0.25) is 10.1 Å². The Morgan fingerprint density at radius 1 is 1.47 bits per heavy atom. The number of ether oxygens (including phenoxy) is 1. The second kappa shape index (κ2) is 5.65. The van der Waals surface area contributed by atoms with E-state index in [2.05, 4.69) is 0 Å². The Morgan fingerprint density at radius 3 is 2.58 bits per heavy atom. The second-order valence-electron chi connectivity index (χ2n) is 3.72. The molecule has 1 rings (SSSR count). The summed E-state index contributed by atoms with van der Waals surface area (Å²) in [5, 5.41) is 19.4. The van der Waals surface area contributed by atoms with Gasteiger partial charge in [0.05, 0.1) is 10.7 Å². The van der Waals surface area contributed by atoms with Crippen LogP contribution in [0.1, 0.15) is 10.4 Å². The van der Waals surface area contributed by atoms with Crippen LogP contribution >= 0.6 is 0 Å². The number of aromatic carboxylic acids is 1. The average molecular weight is 289 g/mol. The number of hydrogen-bond acceptors (Lipinski definition) is 6. The normalized spacial score (nSPS) is 11.0. The van der Waals surface area contributed by atoms with Crippen molar-refractivity contribution in [1.29, 1.82) is 0 Å². The molecule has 8 nitrogen and oxygen atoms in total. The number of rotatable bonds is 6. The van der Waals surface area contributed by atoms with Crippen LogP contribution in [-0.2, 0) is 9.84 Å². The zero-order chi connectivity index (χ0) is 14.6. The fraction of sp³-hybridized carbons (Fsp3) is 0.300. The minimum atomic E-state index is -3.19. The molecule has 0 radical (unpaired) electrons. The van der Waals surface area contributed by atoms with E-state index in [-0.39, 0.29) is 18.1 Å². The Balaban J connectivity index is 2.90. The number of hydrogen-bond donors (Lipinski definition) is 1. The van der Waals surface area contributed by atoms with Crippen LogP contribution in [0, 0.1) is 10.1 Å². The number of nitro groups is 1. The quantitative estimate of drug-likeness (QED) is 0.604. The van der Waals surface area contributed by atoms with Gasteiger partial charge in [0.1, 0.15) is 17.9 Å². The number of carboxylic acids is 1. The predicted octanol–water partition coefficient (Wildman–Crippen LogP) is 0.716. The topological polar surface area (TPSA) is 124 Å². The van der Waals surface area contributed by atoms with E-state index in [9.17, 15) is 23.3 Å². The largest absolute Gasteiger partial charge is 0.493 e. The first-order valence-electron chi connectivity index (χ1n) is 5.03. The molecule has 19 heavy (non-hydrogen) atoms. The highest BCUT2D eigenvalue weighted by Crippen LogP contribution is 2.24. The van der Waals surface area contributed by atoms with E-state index in [4.69, 9.17) is 9.84 Å². The van der Waals surface area contributed by atoms with Gasteiger partial charge >= 0.3 is 5.97 Å². The smallest absolute Gasteiger partial charge is 0.342 e. The third kappa shape index (κ3) is 4.54. The minimum absolute atomic E-state index is 0.0617. The summed E-state index contributed by atoms with van der Waals surface area (Å²) in [5.41, 5.74) is -1.06. The molecule has 1 N–H and O–H groups in total. The summed E-state index contributed by atoms with van der Waals surface area (Å²) in [4.78, 5) is 20.6. The molecule has 0 atom stereocenters. The molecule has 1 aromatic rings. The van der Waals surface area contributed by atoms with E-state index < -0.39 is 32.0 Å². The fourth-order valence-electron chi connectivity index (χ4n) is 1.25. The third-order valence-electron chi connectivity index (χ3n) is 2.12. The highest BCUT2D eigenvalue weighted by molar-refractivity contribution is 7.90. The molecular weight excluding hydrogens is 278 g/mol. The average Bonchev–Trinajstić information content (AvgIpc) is 2.26.